The van der Waals surface area contributed by atoms with Crippen LogP contribution in [0.4, 0.5) is 5.69 Å². The van der Waals surface area contributed by atoms with Crippen molar-refractivity contribution in [3.05, 3.63) is 60.2 Å². The van der Waals surface area contributed by atoms with Gasteiger partial charge in [-0.2, -0.15) is 0 Å². The molecule has 1 saturated heterocycles. The molecule has 0 aliphatic carbocycles. The molecule has 132 valence electrons. The smallest absolute Gasteiger partial charge is 0.321 e. The molecule has 0 amide bonds. The first-order chi connectivity index (χ1) is 12.0. The molecule has 5 heteroatoms. The third kappa shape index (κ3) is 4.12. The summed E-state index contributed by atoms with van der Waals surface area (Å²) >= 11 is 0. The Kier molecular flexibility index (Phi) is 5.24. The molecule has 25 heavy (non-hydrogen) atoms. The highest BCUT2D eigenvalue weighted by molar-refractivity contribution is 5.74. The van der Waals surface area contributed by atoms with Crippen LogP contribution in [0.3, 0.4) is 0 Å². The summed E-state index contributed by atoms with van der Waals surface area (Å²) in [4.78, 5) is 15.8. The Balaban J connectivity index is 1.74. The molecule has 0 bridgehead atoms. The van der Waals surface area contributed by atoms with Crippen LogP contribution in [0.5, 0.6) is 5.75 Å². The topological polar surface area (TPSA) is 53.0 Å². The lowest BCUT2D eigenvalue weighted by Crippen LogP contribution is -2.35. The van der Waals surface area contributed by atoms with E-state index in [0.717, 1.165) is 17.0 Å². The number of para-hydroxylation sites is 2. The van der Waals surface area contributed by atoms with Crippen LogP contribution >= 0.6 is 0 Å². The van der Waals surface area contributed by atoms with E-state index in [0.29, 0.717) is 19.5 Å². The minimum Gasteiger partial charge on any atom is -0.489 e. The van der Waals surface area contributed by atoms with Gasteiger partial charge in [0.05, 0.1) is 0 Å². The second kappa shape index (κ2) is 7.57. The Labute approximate surface area is 148 Å². The number of hydrogen-bond acceptors (Lipinski definition) is 4. The minimum atomic E-state index is -0.790. The first-order valence-electron chi connectivity index (χ1n) is 8.48. The van der Waals surface area contributed by atoms with Crippen molar-refractivity contribution in [3.8, 4) is 5.75 Å². The van der Waals surface area contributed by atoms with Gasteiger partial charge in [0, 0.05) is 39.3 Å². The molecule has 0 aromatic heterocycles. The Morgan fingerprint density at radius 1 is 1.16 bits per heavy atom. The number of aliphatic carboxylic acids is 1. The highest BCUT2D eigenvalue weighted by atomic mass is 16.5. The third-order valence-corrected chi connectivity index (χ3v) is 4.54. The van der Waals surface area contributed by atoms with Crippen molar-refractivity contribution in [1.29, 1.82) is 0 Å². The molecule has 2 atom stereocenters. The van der Waals surface area contributed by atoms with E-state index in [4.69, 9.17) is 4.74 Å². The fourth-order valence-corrected chi connectivity index (χ4v) is 3.37. The lowest BCUT2D eigenvalue weighted by atomic mass is 10.1. The van der Waals surface area contributed by atoms with E-state index < -0.39 is 12.0 Å². The fourth-order valence-electron chi connectivity index (χ4n) is 3.37. The molecule has 2 aromatic carbocycles. The Bertz CT molecular complexity index is 718. The summed E-state index contributed by atoms with van der Waals surface area (Å²) in [5.41, 5.74) is 2.23. The maximum absolute atomic E-state index is 11.7. The normalized spacial score (nSPS) is 20.4. The summed E-state index contributed by atoms with van der Waals surface area (Å²) in [5, 5.41) is 9.62. The number of benzene rings is 2. The van der Waals surface area contributed by atoms with Crippen molar-refractivity contribution in [2.24, 2.45) is 0 Å². The van der Waals surface area contributed by atoms with Crippen molar-refractivity contribution in [1.82, 2.24) is 4.90 Å². The number of carbonyl (C=O) groups is 1. The predicted molar refractivity (Wildman–Crippen MR) is 98.1 cm³/mol. The van der Waals surface area contributed by atoms with E-state index in [2.05, 4.69) is 17.0 Å². The van der Waals surface area contributed by atoms with Gasteiger partial charge in [-0.3, -0.25) is 9.69 Å². The largest absolute Gasteiger partial charge is 0.489 e. The van der Waals surface area contributed by atoms with E-state index >= 15 is 0 Å². The molecule has 2 aromatic rings. The lowest BCUT2D eigenvalue weighted by Gasteiger charge is -2.24. The van der Waals surface area contributed by atoms with Crippen LogP contribution in [0.15, 0.2) is 54.6 Å². The van der Waals surface area contributed by atoms with Crippen LogP contribution in [0.2, 0.25) is 0 Å². The van der Waals surface area contributed by atoms with Gasteiger partial charge < -0.3 is 14.7 Å². The Morgan fingerprint density at radius 3 is 2.52 bits per heavy atom. The van der Waals surface area contributed by atoms with Crippen molar-refractivity contribution < 1.29 is 14.6 Å². The highest BCUT2D eigenvalue weighted by Crippen LogP contribution is 2.27. The zero-order valence-corrected chi connectivity index (χ0v) is 14.6. The molecule has 0 radical (unpaired) electrons. The van der Waals surface area contributed by atoms with E-state index in [-0.39, 0.29) is 6.10 Å². The van der Waals surface area contributed by atoms with E-state index in [1.54, 1.807) is 0 Å². The van der Waals surface area contributed by atoms with Crippen LogP contribution in [-0.2, 0) is 11.3 Å². The maximum Gasteiger partial charge on any atom is 0.321 e. The van der Waals surface area contributed by atoms with Crippen LogP contribution < -0.4 is 9.64 Å². The summed E-state index contributed by atoms with van der Waals surface area (Å²) in [6.07, 6.45) is 0.379. The van der Waals surface area contributed by atoms with Crippen LogP contribution in [-0.4, -0.2) is 48.8 Å². The number of carboxylic acid groups (broad SMARTS) is 1. The molecular formula is C20H24N2O3. The lowest BCUT2D eigenvalue weighted by molar-refractivity contribution is -0.142. The number of hydrogen-bond donors (Lipinski definition) is 1. The van der Waals surface area contributed by atoms with Gasteiger partial charge >= 0.3 is 5.97 Å². The van der Waals surface area contributed by atoms with E-state index in [1.807, 2.05) is 61.5 Å². The van der Waals surface area contributed by atoms with Gasteiger partial charge in [0.2, 0.25) is 0 Å². The SMILES string of the molecule is CN(C)c1ccccc1CN1C[C@@H](Oc2ccccc2)C[C@H]1C(=O)O. The number of likely N-dealkylation sites (tertiary alicyclic amines) is 1. The molecule has 1 aliphatic rings. The van der Waals surface area contributed by atoms with Gasteiger partial charge in [-0.15, -0.1) is 0 Å². The standard InChI is InChI=1S/C20H24N2O3/c1-21(2)18-11-7-6-8-15(18)13-22-14-17(12-19(22)20(23)24)25-16-9-4-3-5-10-16/h3-11,17,19H,12-14H2,1-2H3,(H,23,24)/t17-,19-/m0/s1. The van der Waals surface area contributed by atoms with Gasteiger partial charge in [0.1, 0.15) is 17.9 Å². The first kappa shape index (κ1) is 17.3. The van der Waals surface area contributed by atoms with Crippen LogP contribution in [0.1, 0.15) is 12.0 Å². The van der Waals surface area contributed by atoms with Gasteiger partial charge in [-0.1, -0.05) is 36.4 Å². The molecule has 1 fully saturated rings. The third-order valence-electron chi connectivity index (χ3n) is 4.54. The van der Waals surface area contributed by atoms with Crippen LogP contribution in [0.25, 0.3) is 0 Å². The number of carboxylic acids is 1. The molecule has 5 nitrogen and oxygen atoms in total. The molecule has 0 unspecified atom stereocenters. The minimum absolute atomic E-state index is 0.116. The Hall–Kier alpha value is -2.53. The van der Waals surface area contributed by atoms with Crippen molar-refractivity contribution >= 4 is 11.7 Å². The van der Waals surface area contributed by atoms with Crippen LogP contribution in [0, 0.1) is 0 Å². The highest BCUT2D eigenvalue weighted by Gasteiger charge is 2.38. The molecular weight excluding hydrogens is 316 g/mol. The second-order valence-electron chi connectivity index (χ2n) is 6.60. The van der Waals surface area contributed by atoms with Gasteiger partial charge in [0.25, 0.3) is 0 Å². The van der Waals surface area contributed by atoms with Crippen molar-refractivity contribution in [2.45, 2.75) is 25.1 Å². The number of rotatable bonds is 6. The monoisotopic (exact) mass is 340 g/mol. The predicted octanol–water partition coefficient (Wildman–Crippen LogP) is 2.86. The first-order valence-corrected chi connectivity index (χ1v) is 8.48. The number of nitrogens with zero attached hydrogens (tertiary/aromatic N) is 2. The van der Waals surface area contributed by atoms with Gasteiger partial charge in [0.15, 0.2) is 0 Å². The Morgan fingerprint density at radius 2 is 1.84 bits per heavy atom. The molecule has 1 heterocycles. The molecule has 0 spiro atoms. The summed E-state index contributed by atoms with van der Waals surface area (Å²) in [6, 6.07) is 17.2. The summed E-state index contributed by atoms with van der Waals surface area (Å²) in [7, 11) is 4.00. The van der Waals surface area contributed by atoms with Gasteiger partial charge in [-0.05, 0) is 23.8 Å². The fraction of sp³-hybridized carbons (Fsp3) is 0.350. The summed E-state index contributed by atoms with van der Waals surface area (Å²) in [5.74, 6) is -0.00586. The average Bonchev–Trinajstić information content (AvgIpc) is 2.98. The van der Waals surface area contributed by atoms with Crippen molar-refractivity contribution in [3.63, 3.8) is 0 Å². The number of ether oxygens (including phenoxy) is 1. The molecule has 3 rings (SSSR count). The zero-order valence-electron chi connectivity index (χ0n) is 14.6. The molecule has 1 aliphatic heterocycles. The maximum atomic E-state index is 11.7. The number of anilines is 1. The molecule has 1 N–H and O–H groups in total. The summed E-state index contributed by atoms with van der Waals surface area (Å²) in [6.45, 7) is 1.20. The van der Waals surface area contributed by atoms with Crippen molar-refractivity contribution in [2.75, 3.05) is 25.5 Å². The van der Waals surface area contributed by atoms with E-state index in [1.165, 1.54) is 0 Å². The van der Waals surface area contributed by atoms with E-state index in [9.17, 15) is 9.90 Å². The zero-order chi connectivity index (χ0) is 17.8. The second-order valence-corrected chi connectivity index (χ2v) is 6.60. The quantitative estimate of drug-likeness (QED) is 0.876. The molecule has 0 saturated carbocycles. The average molecular weight is 340 g/mol. The summed E-state index contributed by atoms with van der Waals surface area (Å²) < 4.78 is 5.99. The van der Waals surface area contributed by atoms with Gasteiger partial charge in [-0.25, -0.2) is 0 Å².